The fraction of sp³-hybridized carbons (Fsp3) is 0.684. The molecular formula is C19H32O2. The standard InChI is InChI=1S/C19H32O2/c1-16(2)20-14-10-6-7-11-15-21-18-13-9-8-12-17(18)19(3,4)5/h8-9,12-13,16H,6-7,10-11,14-15H2,1-5H3. The molecule has 0 N–H and O–H groups in total. The first kappa shape index (κ1) is 18.0. The second-order valence-electron chi connectivity index (χ2n) is 6.93. The Bertz CT molecular complexity index is 391. The van der Waals surface area contributed by atoms with Gasteiger partial charge in [0.05, 0.1) is 12.7 Å². The van der Waals surface area contributed by atoms with Crippen LogP contribution in [-0.2, 0) is 10.2 Å². The molecule has 1 aromatic carbocycles. The maximum Gasteiger partial charge on any atom is 0.123 e. The van der Waals surface area contributed by atoms with Gasteiger partial charge in [0.25, 0.3) is 0 Å². The molecule has 0 atom stereocenters. The first-order valence-corrected chi connectivity index (χ1v) is 8.25. The molecule has 1 aromatic rings. The minimum atomic E-state index is 0.130. The van der Waals surface area contributed by atoms with Crippen LogP contribution in [0.5, 0.6) is 5.75 Å². The highest BCUT2D eigenvalue weighted by Crippen LogP contribution is 2.30. The number of benzene rings is 1. The third-order valence-corrected chi connectivity index (χ3v) is 3.44. The van der Waals surface area contributed by atoms with Gasteiger partial charge in [-0.15, -0.1) is 0 Å². The van der Waals surface area contributed by atoms with E-state index in [4.69, 9.17) is 9.47 Å². The Morgan fingerprint density at radius 3 is 2.14 bits per heavy atom. The molecule has 0 saturated carbocycles. The minimum absolute atomic E-state index is 0.130. The summed E-state index contributed by atoms with van der Waals surface area (Å²) in [5.41, 5.74) is 1.42. The normalized spacial score (nSPS) is 11.9. The zero-order valence-corrected chi connectivity index (χ0v) is 14.4. The van der Waals surface area contributed by atoms with Crippen molar-refractivity contribution in [2.24, 2.45) is 0 Å². The highest BCUT2D eigenvalue weighted by Gasteiger charge is 2.18. The SMILES string of the molecule is CC(C)OCCCCCCOc1ccccc1C(C)(C)C. The monoisotopic (exact) mass is 292 g/mol. The Kier molecular flexibility index (Phi) is 7.81. The van der Waals surface area contributed by atoms with Gasteiger partial charge in [-0.2, -0.15) is 0 Å². The van der Waals surface area contributed by atoms with Gasteiger partial charge >= 0.3 is 0 Å². The zero-order chi connectivity index (χ0) is 15.7. The Balaban J connectivity index is 2.22. The smallest absolute Gasteiger partial charge is 0.123 e. The van der Waals surface area contributed by atoms with Crippen LogP contribution in [0.15, 0.2) is 24.3 Å². The number of ether oxygens (including phenoxy) is 2. The number of rotatable bonds is 9. The molecule has 0 aliphatic rings. The van der Waals surface area contributed by atoms with Crippen LogP contribution in [0.3, 0.4) is 0 Å². The summed E-state index contributed by atoms with van der Waals surface area (Å²) in [7, 11) is 0. The highest BCUT2D eigenvalue weighted by atomic mass is 16.5. The average molecular weight is 292 g/mol. The third kappa shape index (κ3) is 7.52. The fourth-order valence-corrected chi connectivity index (χ4v) is 2.27. The van der Waals surface area contributed by atoms with Gasteiger partial charge in [0.1, 0.15) is 5.75 Å². The lowest BCUT2D eigenvalue weighted by Crippen LogP contribution is -2.13. The maximum atomic E-state index is 5.98. The summed E-state index contributed by atoms with van der Waals surface area (Å²) >= 11 is 0. The summed E-state index contributed by atoms with van der Waals surface area (Å²) in [6, 6.07) is 8.38. The number of hydrogen-bond acceptors (Lipinski definition) is 2. The Labute approximate surface area is 130 Å². The first-order valence-electron chi connectivity index (χ1n) is 8.25. The van der Waals surface area contributed by atoms with Crippen molar-refractivity contribution in [2.75, 3.05) is 13.2 Å². The lowest BCUT2D eigenvalue weighted by molar-refractivity contribution is 0.0755. The second-order valence-corrected chi connectivity index (χ2v) is 6.93. The molecule has 0 spiro atoms. The molecule has 0 aliphatic carbocycles. The van der Waals surface area contributed by atoms with Gasteiger partial charge in [-0.25, -0.2) is 0 Å². The van der Waals surface area contributed by atoms with E-state index in [1.54, 1.807) is 0 Å². The van der Waals surface area contributed by atoms with Crippen molar-refractivity contribution in [1.29, 1.82) is 0 Å². The van der Waals surface area contributed by atoms with Gasteiger partial charge in [0, 0.05) is 6.61 Å². The van der Waals surface area contributed by atoms with E-state index in [-0.39, 0.29) is 5.41 Å². The quantitative estimate of drug-likeness (QED) is 0.571. The Morgan fingerprint density at radius 1 is 0.905 bits per heavy atom. The molecular weight excluding hydrogens is 260 g/mol. The van der Waals surface area contributed by atoms with Crippen LogP contribution in [-0.4, -0.2) is 19.3 Å². The van der Waals surface area contributed by atoms with Crippen LogP contribution in [0, 0.1) is 0 Å². The summed E-state index contributed by atoms with van der Waals surface area (Å²) in [5.74, 6) is 1.04. The lowest BCUT2D eigenvalue weighted by Gasteiger charge is -2.22. The topological polar surface area (TPSA) is 18.5 Å². The third-order valence-electron chi connectivity index (χ3n) is 3.44. The highest BCUT2D eigenvalue weighted by molar-refractivity contribution is 5.38. The lowest BCUT2D eigenvalue weighted by atomic mass is 9.86. The molecule has 0 aliphatic heterocycles. The van der Waals surface area contributed by atoms with Crippen molar-refractivity contribution in [1.82, 2.24) is 0 Å². The molecule has 120 valence electrons. The van der Waals surface area contributed by atoms with Crippen LogP contribution in [0.2, 0.25) is 0 Å². The summed E-state index contributed by atoms with van der Waals surface area (Å²) in [4.78, 5) is 0. The second kappa shape index (κ2) is 9.09. The molecule has 0 saturated heterocycles. The van der Waals surface area contributed by atoms with Gasteiger partial charge in [0.2, 0.25) is 0 Å². The molecule has 1 rings (SSSR count). The molecule has 2 nitrogen and oxygen atoms in total. The molecule has 2 heteroatoms. The molecule has 0 amide bonds. The van der Waals surface area contributed by atoms with Crippen molar-refractivity contribution in [3.63, 3.8) is 0 Å². The van der Waals surface area contributed by atoms with Crippen molar-refractivity contribution in [3.05, 3.63) is 29.8 Å². The van der Waals surface area contributed by atoms with Crippen LogP contribution in [0.4, 0.5) is 0 Å². The summed E-state index contributed by atoms with van der Waals surface area (Å²) in [6.45, 7) is 12.5. The van der Waals surface area contributed by atoms with Crippen molar-refractivity contribution in [2.45, 2.75) is 71.8 Å². The van der Waals surface area contributed by atoms with E-state index in [2.05, 4.69) is 52.8 Å². The van der Waals surface area contributed by atoms with Gasteiger partial charge in [0.15, 0.2) is 0 Å². The van der Waals surface area contributed by atoms with E-state index >= 15 is 0 Å². The van der Waals surface area contributed by atoms with Crippen LogP contribution in [0.25, 0.3) is 0 Å². The van der Waals surface area contributed by atoms with E-state index in [9.17, 15) is 0 Å². The van der Waals surface area contributed by atoms with E-state index < -0.39 is 0 Å². The first-order chi connectivity index (χ1) is 9.91. The van der Waals surface area contributed by atoms with Crippen LogP contribution in [0.1, 0.15) is 65.9 Å². The maximum absolute atomic E-state index is 5.98. The summed E-state index contributed by atoms with van der Waals surface area (Å²) < 4.78 is 11.5. The molecule has 0 bridgehead atoms. The van der Waals surface area contributed by atoms with Gasteiger partial charge < -0.3 is 9.47 Å². The van der Waals surface area contributed by atoms with Crippen molar-refractivity contribution >= 4 is 0 Å². The van der Waals surface area contributed by atoms with Gasteiger partial charge in [-0.3, -0.25) is 0 Å². The molecule has 0 heterocycles. The molecule has 21 heavy (non-hydrogen) atoms. The van der Waals surface area contributed by atoms with E-state index in [1.165, 1.54) is 18.4 Å². The van der Waals surface area contributed by atoms with E-state index in [1.807, 2.05) is 6.07 Å². The van der Waals surface area contributed by atoms with Crippen LogP contribution >= 0.6 is 0 Å². The minimum Gasteiger partial charge on any atom is -0.493 e. The average Bonchev–Trinajstić information content (AvgIpc) is 2.41. The predicted octanol–water partition coefficient (Wildman–Crippen LogP) is 5.35. The molecule has 0 aromatic heterocycles. The predicted molar refractivity (Wildman–Crippen MR) is 90.2 cm³/mol. The fourth-order valence-electron chi connectivity index (χ4n) is 2.27. The molecule has 0 fully saturated rings. The Morgan fingerprint density at radius 2 is 1.52 bits per heavy atom. The van der Waals surface area contributed by atoms with Crippen molar-refractivity contribution in [3.8, 4) is 5.75 Å². The molecule has 0 unspecified atom stereocenters. The largest absolute Gasteiger partial charge is 0.493 e. The van der Waals surface area contributed by atoms with E-state index in [0.717, 1.165) is 31.8 Å². The summed E-state index contributed by atoms with van der Waals surface area (Å²) in [5, 5.41) is 0. The molecule has 0 radical (unpaired) electrons. The number of unbranched alkanes of at least 4 members (excludes halogenated alkanes) is 3. The van der Waals surface area contributed by atoms with Gasteiger partial charge in [-0.05, 0) is 50.2 Å². The zero-order valence-electron chi connectivity index (χ0n) is 14.4. The van der Waals surface area contributed by atoms with E-state index in [0.29, 0.717) is 6.10 Å². The van der Waals surface area contributed by atoms with Crippen molar-refractivity contribution < 1.29 is 9.47 Å². The van der Waals surface area contributed by atoms with Gasteiger partial charge in [-0.1, -0.05) is 45.4 Å². The summed E-state index contributed by atoms with van der Waals surface area (Å²) in [6.07, 6.45) is 5.04. The number of para-hydroxylation sites is 1. The Hall–Kier alpha value is -1.02. The number of hydrogen-bond donors (Lipinski definition) is 0. The van der Waals surface area contributed by atoms with Crippen LogP contribution < -0.4 is 4.74 Å².